The highest BCUT2D eigenvalue weighted by Crippen LogP contribution is 2.11. The van der Waals surface area contributed by atoms with Crippen LogP contribution in [-0.2, 0) is 13.1 Å². The van der Waals surface area contributed by atoms with Gasteiger partial charge in [-0.3, -0.25) is 0 Å². The van der Waals surface area contributed by atoms with Gasteiger partial charge in [-0.1, -0.05) is 24.3 Å². The van der Waals surface area contributed by atoms with Gasteiger partial charge in [0, 0.05) is 19.6 Å². The molecule has 0 aliphatic rings. The zero-order valence-corrected chi connectivity index (χ0v) is 15.3. The van der Waals surface area contributed by atoms with Crippen molar-refractivity contribution in [1.82, 2.24) is 9.80 Å². The summed E-state index contributed by atoms with van der Waals surface area (Å²) in [5.41, 5.74) is 8.55. The van der Waals surface area contributed by atoms with Crippen molar-refractivity contribution in [1.29, 1.82) is 0 Å². The van der Waals surface area contributed by atoms with Gasteiger partial charge in [-0.2, -0.15) is 0 Å². The van der Waals surface area contributed by atoms with Crippen LogP contribution >= 0.6 is 24.0 Å². The highest BCUT2D eigenvalue weighted by atomic mass is 127. The third-order valence-corrected chi connectivity index (χ3v) is 3.10. The van der Waals surface area contributed by atoms with Crippen LogP contribution in [0.25, 0.3) is 0 Å². The maximum atomic E-state index is 6.00. The van der Waals surface area contributed by atoms with E-state index >= 15 is 0 Å². The number of guanidine groups is 1. The lowest BCUT2D eigenvalue weighted by Crippen LogP contribution is -2.37. The lowest BCUT2D eigenvalue weighted by atomic mass is 10.1. The molecule has 0 aromatic heterocycles. The zero-order chi connectivity index (χ0) is 14.3. The second-order valence-electron chi connectivity index (χ2n) is 4.85. The average Bonchev–Trinajstić information content (AvgIpc) is 2.38. The van der Waals surface area contributed by atoms with Crippen LogP contribution in [-0.4, -0.2) is 42.9 Å². The molecular formula is C15H27IN4. The van der Waals surface area contributed by atoms with Gasteiger partial charge in [0.2, 0.25) is 0 Å². The number of nitrogens with zero attached hydrogens (tertiary/aromatic N) is 3. The van der Waals surface area contributed by atoms with Crippen molar-refractivity contribution in [2.45, 2.75) is 26.9 Å². The molecule has 0 amide bonds. The van der Waals surface area contributed by atoms with Gasteiger partial charge in [-0.25, -0.2) is 4.99 Å². The molecule has 0 unspecified atom stereocenters. The topological polar surface area (TPSA) is 44.9 Å². The van der Waals surface area contributed by atoms with Crippen molar-refractivity contribution in [2.24, 2.45) is 10.7 Å². The van der Waals surface area contributed by atoms with Gasteiger partial charge < -0.3 is 15.5 Å². The molecule has 0 aliphatic heterocycles. The van der Waals surface area contributed by atoms with E-state index in [4.69, 9.17) is 5.73 Å². The Balaban J connectivity index is 0.00000361. The summed E-state index contributed by atoms with van der Waals surface area (Å²) in [6, 6.07) is 8.40. The number of benzene rings is 1. The Hall–Kier alpha value is -0.820. The molecule has 20 heavy (non-hydrogen) atoms. The first-order valence-electron chi connectivity index (χ1n) is 6.84. The predicted molar refractivity (Wildman–Crippen MR) is 97.5 cm³/mol. The van der Waals surface area contributed by atoms with E-state index in [9.17, 15) is 0 Å². The normalized spacial score (nSPS) is 11.3. The molecule has 1 aromatic rings. The Morgan fingerprint density at radius 3 is 2.15 bits per heavy atom. The molecule has 0 radical (unpaired) electrons. The summed E-state index contributed by atoms with van der Waals surface area (Å²) in [6.45, 7) is 7.54. The molecule has 2 N–H and O–H groups in total. The Kier molecular flexibility index (Phi) is 9.58. The lowest BCUT2D eigenvalue weighted by Gasteiger charge is -2.19. The molecule has 4 nitrogen and oxygen atoms in total. The summed E-state index contributed by atoms with van der Waals surface area (Å²) in [5.74, 6) is 0.629. The molecule has 0 spiro atoms. The van der Waals surface area contributed by atoms with Gasteiger partial charge in [0.25, 0.3) is 0 Å². The Morgan fingerprint density at radius 2 is 1.65 bits per heavy atom. The van der Waals surface area contributed by atoms with E-state index in [1.165, 1.54) is 11.1 Å². The van der Waals surface area contributed by atoms with E-state index in [0.29, 0.717) is 12.5 Å². The van der Waals surface area contributed by atoms with E-state index in [1.54, 1.807) is 0 Å². The number of rotatable bonds is 6. The molecule has 0 saturated heterocycles. The summed E-state index contributed by atoms with van der Waals surface area (Å²) < 4.78 is 0. The van der Waals surface area contributed by atoms with Crippen molar-refractivity contribution < 1.29 is 0 Å². The quantitative estimate of drug-likeness (QED) is 0.461. The molecule has 114 valence electrons. The van der Waals surface area contributed by atoms with Crippen molar-refractivity contribution in [3.8, 4) is 0 Å². The van der Waals surface area contributed by atoms with Gasteiger partial charge in [-0.05, 0) is 39.1 Å². The van der Waals surface area contributed by atoms with Gasteiger partial charge in [-0.15, -0.1) is 24.0 Å². The predicted octanol–water partition coefficient (Wildman–Crippen LogP) is 2.52. The van der Waals surface area contributed by atoms with E-state index in [-0.39, 0.29) is 24.0 Å². The largest absolute Gasteiger partial charge is 0.370 e. The third-order valence-electron chi connectivity index (χ3n) is 3.10. The third kappa shape index (κ3) is 6.09. The van der Waals surface area contributed by atoms with Crippen LogP contribution in [0, 0.1) is 0 Å². The van der Waals surface area contributed by atoms with Crippen LogP contribution in [0.15, 0.2) is 29.3 Å². The van der Waals surface area contributed by atoms with Crippen LogP contribution in [0.5, 0.6) is 0 Å². The number of hydrogen-bond acceptors (Lipinski definition) is 2. The minimum Gasteiger partial charge on any atom is -0.370 e. The molecule has 0 saturated carbocycles. The zero-order valence-electron chi connectivity index (χ0n) is 13.0. The molecule has 0 heterocycles. The fourth-order valence-corrected chi connectivity index (χ4v) is 2.02. The fraction of sp³-hybridized carbons (Fsp3) is 0.533. The van der Waals surface area contributed by atoms with E-state index < -0.39 is 0 Å². The minimum absolute atomic E-state index is 0. The maximum Gasteiger partial charge on any atom is 0.191 e. The summed E-state index contributed by atoms with van der Waals surface area (Å²) in [5, 5.41) is 0. The smallest absolute Gasteiger partial charge is 0.191 e. The van der Waals surface area contributed by atoms with Crippen LogP contribution in [0.4, 0.5) is 0 Å². The highest BCUT2D eigenvalue weighted by Gasteiger charge is 2.05. The molecule has 1 aromatic carbocycles. The molecular weight excluding hydrogens is 363 g/mol. The first kappa shape index (κ1) is 19.2. The molecule has 0 atom stereocenters. The second kappa shape index (κ2) is 9.99. The van der Waals surface area contributed by atoms with Crippen molar-refractivity contribution in [2.75, 3.05) is 27.2 Å². The molecule has 0 bridgehead atoms. The summed E-state index contributed by atoms with van der Waals surface area (Å²) in [7, 11) is 4.15. The van der Waals surface area contributed by atoms with Crippen LogP contribution < -0.4 is 5.73 Å². The van der Waals surface area contributed by atoms with Gasteiger partial charge in [0.1, 0.15) is 0 Å². The van der Waals surface area contributed by atoms with Gasteiger partial charge >= 0.3 is 0 Å². The molecule has 1 rings (SSSR count). The number of aliphatic imine (C=N–C) groups is 1. The van der Waals surface area contributed by atoms with E-state index in [0.717, 1.165) is 19.6 Å². The van der Waals surface area contributed by atoms with Crippen LogP contribution in [0.1, 0.15) is 25.0 Å². The number of halogens is 1. The molecule has 0 aliphatic carbocycles. The lowest BCUT2D eigenvalue weighted by molar-refractivity contribution is 0.401. The highest BCUT2D eigenvalue weighted by molar-refractivity contribution is 14.0. The monoisotopic (exact) mass is 390 g/mol. The average molecular weight is 390 g/mol. The Bertz CT molecular complexity index is 414. The Morgan fingerprint density at radius 1 is 1.10 bits per heavy atom. The SMILES string of the molecule is CCN(CC)C(N)=NCc1ccccc1CN(C)C.I. The minimum atomic E-state index is 0. The summed E-state index contributed by atoms with van der Waals surface area (Å²) in [6.07, 6.45) is 0. The van der Waals surface area contributed by atoms with E-state index in [1.807, 2.05) is 0 Å². The fourth-order valence-electron chi connectivity index (χ4n) is 2.02. The van der Waals surface area contributed by atoms with Crippen molar-refractivity contribution in [3.05, 3.63) is 35.4 Å². The number of nitrogens with two attached hydrogens (primary N) is 1. The standard InChI is InChI=1S/C15H26N4.HI/c1-5-19(6-2)15(16)17-11-13-9-7-8-10-14(13)12-18(3)4;/h7-10H,5-6,11-12H2,1-4H3,(H2,16,17);1H. The van der Waals surface area contributed by atoms with Crippen molar-refractivity contribution in [3.63, 3.8) is 0 Å². The Labute approximate surface area is 140 Å². The van der Waals surface area contributed by atoms with Crippen LogP contribution in [0.3, 0.4) is 0 Å². The number of hydrogen-bond donors (Lipinski definition) is 1. The van der Waals surface area contributed by atoms with Crippen molar-refractivity contribution >= 4 is 29.9 Å². The summed E-state index contributed by atoms with van der Waals surface area (Å²) >= 11 is 0. The van der Waals surface area contributed by atoms with Crippen LogP contribution in [0.2, 0.25) is 0 Å². The second-order valence-corrected chi connectivity index (χ2v) is 4.85. The van der Waals surface area contributed by atoms with E-state index in [2.05, 4.69) is 67.0 Å². The summed E-state index contributed by atoms with van der Waals surface area (Å²) in [4.78, 5) is 8.73. The first-order valence-corrected chi connectivity index (χ1v) is 6.84. The maximum absolute atomic E-state index is 6.00. The van der Waals surface area contributed by atoms with Gasteiger partial charge in [0.05, 0.1) is 6.54 Å². The first-order chi connectivity index (χ1) is 9.08. The van der Waals surface area contributed by atoms with Gasteiger partial charge in [0.15, 0.2) is 5.96 Å². The molecule has 5 heteroatoms. The molecule has 0 fully saturated rings.